The smallest absolute Gasteiger partial charge is 0.208 e. The van der Waals surface area contributed by atoms with Crippen molar-refractivity contribution < 1.29 is 8.42 Å². The first-order valence-corrected chi connectivity index (χ1v) is 10.3. The molecule has 0 bridgehead atoms. The maximum absolute atomic E-state index is 11.1. The second-order valence-electron chi connectivity index (χ2n) is 6.08. The number of nitrogens with zero attached hydrogens (tertiary/aromatic N) is 1. The maximum Gasteiger partial charge on any atom is 0.208 e. The Hall–Kier alpha value is -0.580. The molecule has 0 atom stereocenters. The van der Waals surface area contributed by atoms with Gasteiger partial charge in [0.1, 0.15) is 0 Å². The van der Waals surface area contributed by atoms with Gasteiger partial charge in [-0.25, -0.2) is 13.1 Å². The van der Waals surface area contributed by atoms with Crippen molar-refractivity contribution in [3.8, 4) is 0 Å². The van der Waals surface area contributed by atoms with E-state index in [1.807, 2.05) is 25.1 Å². The summed E-state index contributed by atoms with van der Waals surface area (Å²) in [4.78, 5) is 4.66. The monoisotopic (exact) mass is 500 g/mol. The van der Waals surface area contributed by atoms with Crippen molar-refractivity contribution in [3.05, 3.63) is 34.9 Å². The number of hydrogen-bond acceptors (Lipinski definition) is 3. The van der Waals surface area contributed by atoms with Crippen molar-refractivity contribution in [2.45, 2.75) is 25.2 Å². The molecular weight excluding hydrogens is 475 g/mol. The highest BCUT2D eigenvalue weighted by Crippen LogP contribution is 2.48. The summed E-state index contributed by atoms with van der Waals surface area (Å²) in [6.45, 7) is 4.22. The second-order valence-corrected chi connectivity index (χ2v) is 8.35. The van der Waals surface area contributed by atoms with E-state index in [1.54, 1.807) is 0 Å². The van der Waals surface area contributed by atoms with E-state index in [-0.39, 0.29) is 29.4 Å². The van der Waals surface area contributed by atoms with Crippen LogP contribution in [0.5, 0.6) is 0 Å². The minimum atomic E-state index is -3.16. The van der Waals surface area contributed by atoms with Gasteiger partial charge in [0, 0.05) is 30.1 Å². The van der Waals surface area contributed by atoms with Crippen LogP contribution in [-0.2, 0) is 15.4 Å². The predicted molar refractivity (Wildman–Crippen MR) is 115 cm³/mol. The van der Waals surface area contributed by atoms with Gasteiger partial charge in [-0.3, -0.25) is 4.99 Å². The molecular formula is C16H26ClIN4O2S. The van der Waals surface area contributed by atoms with Crippen molar-refractivity contribution in [3.63, 3.8) is 0 Å². The lowest BCUT2D eigenvalue weighted by Crippen LogP contribution is -2.41. The van der Waals surface area contributed by atoms with E-state index >= 15 is 0 Å². The molecule has 25 heavy (non-hydrogen) atoms. The SMILES string of the molecule is CCNC(=NCC1(c2cccc(Cl)c2)CC1)NCCNS(C)(=O)=O.I. The largest absolute Gasteiger partial charge is 0.357 e. The fraction of sp³-hybridized carbons (Fsp3) is 0.562. The summed E-state index contributed by atoms with van der Waals surface area (Å²) in [6, 6.07) is 7.97. The van der Waals surface area contributed by atoms with Crippen molar-refractivity contribution in [1.29, 1.82) is 0 Å². The number of halogens is 2. The summed E-state index contributed by atoms with van der Waals surface area (Å²) >= 11 is 6.10. The zero-order valence-corrected chi connectivity index (χ0v) is 18.4. The van der Waals surface area contributed by atoms with E-state index in [4.69, 9.17) is 11.6 Å². The fourth-order valence-electron chi connectivity index (χ4n) is 2.50. The number of hydrogen-bond donors (Lipinski definition) is 3. The van der Waals surface area contributed by atoms with Gasteiger partial charge >= 0.3 is 0 Å². The Morgan fingerprint density at radius 3 is 2.56 bits per heavy atom. The Labute approximate surface area is 172 Å². The lowest BCUT2D eigenvalue weighted by atomic mass is 9.96. The van der Waals surface area contributed by atoms with E-state index < -0.39 is 10.0 Å². The number of sulfonamides is 1. The number of aliphatic imine (C=N–C) groups is 1. The van der Waals surface area contributed by atoms with Crippen molar-refractivity contribution in [1.82, 2.24) is 15.4 Å². The molecule has 1 saturated carbocycles. The van der Waals surface area contributed by atoms with Gasteiger partial charge in [-0.15, -0.1) is 24.0 Å². The van der Waals surface area contributed by atoms with Crippen molar-refractivity contribution >= 4 is 51.6 Å². The van der Waals surface area contributed by atoms with Crippen LogP contribution in [0.4, 0.5) is 0 Å². The normalized spacial score (nSPS) is 16.0. The van der Waals surface area contributed by atoms with E-state index in [9.17, 15) is 8.42 Å². The molecule has 9 heteroatoms. The van der Waals surface area contributed by atoms with Gasteiger partial charge in [-0.2, -0.15) is 0 Å². The Bertz CT molecular complexity index is 693. The quantitative estimate of drug-likeness (QED) is 0.221. The highest BCUT2D eigenvalue weighted by atomic mass is 127. The number of benzene rings is 1. The molecule has 1 fully saturated rings. The first-order valence-electron chi connectivity index (χ1n) is 8.07. The average Bonchev–Trinajstić information content (AvgIpc) is 3.29. The number of guanidine groups is 1. The molecule has 0 unspecified atom stereocenters. The van der Waals surface area contributed by atoms with Gasteiger partial charge in [0.05, 0.1) is 12.8 Å². The molecule has 1 aliphatic rings. The Kier molecular flexibility index (Phi) is 8.93. The summed E-state index contributed by atoms with van der Waals surface area (Å²) in [7, 11) is -3.16. The molecule has 1 aromatic carbocycles. The van der Waals surface area contributed by atoms with E-state index in [2.05, 4.69) is 26.4 Å². The predicted octanol–water partition coefficient (Wildman–Crippen LogP) is 2.09. The van der Waals surface area contributed by atoms with Crippen LogP contribution in [0.1, 0.15) is 25.3 Å². The molecule has 2 rings (SSSR count). The molecule has 0 aromatic heterocycles. The Balaban J connectivity index is 0.00000312. The molecule has 0 aliphatic heterocycles. The highest BCUT2D eigenvalue weighted by Gasteiger charge is 2.44. The van der Waals surface area contributed by atoms with Crippen molar-refractivity contribution in [2.24, 2.45) is 4.99 Å². The first kappa shape index (κ1) is 22.5. The topological polar surface area (TPSA) is 82.6 Å². The molecule has 0 radical (unpaired) electrons. The van der Waals surface area contributed by atoms with Crippen LogP contribution in [0, 0.1) is 0 Å². The van der Waals surface area contributed by atoms with E-state index in [1.165, 1.54) is 5.56 Å². The number of rotatable bonds is 8. The van der Waals surface area contributed by atoms with Gasteiger partial charge in [-0.05, 0) is 37.5 Å². The van der Waals surface area contributed by atoms with Crippen LogP contribution in [0.25, 0.3) is 0 Å². The van der Waals surface area contributed by atoms with Gasteiger partial charge in [0.25, 0.3) is 0 Å². The molecule has 1 aliphatic carbocycles. The lowest BCUT2D eigenvalue weighted by Gasteiger charge is -2.16. The van der Waals surface area contributed by atoms with Crippen LogP contribution in [0.15, 0.2) is 29.3 Å². The van der Waals surface area contributed by atoms with Crippen LogP contribution in [0.3, 0.4) is 0 Å². The lowest BCUT2D eigenvalue weighted by molar-refractivity contribution is 0.586. The number of nitrogens with one attached hydrogen (secondary N) is 3. The highest BCUT2D eigenvalue weighted by molar-refractivity contribution is 14.0. The average molecular weight is 501 g/mol. The minimum absolute atomic E-state index is 0. The summed E-state index contributed by atoms with van der Waals surface area (Å²) in [5.41, 5.74) is 1.31. The van der Waals surface area contributed by atoms with Crippen LogP contribution in [0.2, 0.25) is 5.02 Å². The molecule has 142 valence electrons. The standard InChI is InChI=1S/C16H25ClN4O2S.HI/c1-3-18-15(19-9-10-21-24(2,22)23)20-12-16(7-8-16)13-5-4-6-14(17)11-13;/h4-6,11,21H,3,7-10,12H2,1-2H3,(H2,18,19,20);1H. The first-order chi connectivity index (χ1) is 11.3. The zero-order valence-electron chi connectivity index (χ0n) is 14.5. The van der Waals surface area contributed by atoms with Crippen LogP contribution in [-0.4, -0.2) is 46.8 Å². The van der Waals surface area contributed by atoms with Gasteiger partial charge in [-0.1, -0.05) is 23.7 Å². The molecule has 0 heterocycles. The fourth-order valence-corrected chi connectivity index (χ4v) is 3.16. The third-order valence-corrected chi connectivity index (χ3v) is 4.92. The Morgan fingerprint density at radius 1 is 1.28 bits per heavy atom. The molecule has 1 aromatic rings. The second kappa shape index (κ2) is 9.94. The summed E-state index contributed by atoms with van der Waals surface area (Å²) in [5.74, 6) is 0.695. The third-order valence-electron chi connectivity index (χ3n) is 3.96. The zero-order chi connectivity index (χ0) is 17.6. The maximum atomic E-state index is 11.1. The van der Waals surface area contributed by atoms with Gasteiger partial charge in [0.15, 0.2) is 5.96 Å². The summed E-state index contributed by atoms with van der Waals surface area (Å²) in [5, 5.41) is 7.07. The molecule has 0 saturated heterocycles. The van der Waals surface area contributed by atoms with E-state index in [0.717, 1.165) is 30.7 Å². The molecule has 0 amide bonds. The molecule has 6 nitrogen and oxygen atoms in total. The van der Waals surface area contributed by atoms with Crippen molar-refractivity contribution in [2.75, 3.05) is 32.4 Å². The van der Waals surface area contributed by atoms with E-state index in [0.29, 0.717) is 25.6 Å². The summed E-state index contributed by atoms with van der Waals surface area (Å²) in [6.07, 6.45) is 3.35. The third kappa shape index (κ3) is 7.67. The van der Waals surface area contributed by atoms with Crippen LogP contribution >= 0.6 is 35.6 Å². The summed E-state index contributed by atoms with van der Waals surface area (Å²) < 4.78 is 24.6. The van der Waals surface area contributed by atoms with Crippen LogP contribution < -0.4 is 15.4 Å². The van der Waals surface area contributed by atoms with Gasteiger partial charge in [0.2, 0.25) is 10.0 Å². The van der Waals surface area contributed by atoms with Gasteiger partial charge < -0.3 is 10.6 Å². The Morgan fingerprint density at radius 2 is 2.00 bits per heavy atom. The minimum Gasteiger partial charge on any atom is -0.357 e. The molecule has 0 spiro atoms. The molecule has 3 N–H and O–H groups in total.